The first-order valence-corrected chi connectivity index (χ1v) is 5.69. The summed E-state index contributed by atoms with van der Waals surface area (Å²) in [5.41, 5.74) is 5.04. The molecular formula is C11H24N2O. The van der Waals surface area contributed by atoms with Crippen molar-refractivity contribution in [1.82, 2.24) is 5.32 Å². The Bertz CT molecular complexity index is 144. The van der Waals surface area contributed by atoms with Crippen molar-refractivity contribution in [2.24, 2.45) is 11.7 Å². The lowest BCUT2D eigenvalue weighted by Crippen LogP contribution is -2.23. The van der Waals surface area contributed by atoms with Gasteiger partial charge in [0.25, 0.3) is 0 Å². The van der Waals surface area contributed by atoms with Crippen LogP contribution in [-0.2, 0) is 4.79 Å². The Morgan fingerprint density at radius 2 is 1.93 bits per heavy atom. The number of carbonyl (C=O) groups excluding carboxylic acids is 1. The van der Waals surface area contributed by atoms with E-state index in [0.717, 1.165) is 31.8 Å². The molecular weight excluding hydrogens is 176 g/mol. The molecule has 0 saturated carbocycles. The summed E-state index contributed by atoms with van der Waals surface area (Å²) in [6, 6.07) is 0. The van der Waals surface area contributed by atoms with Gasteiger partial charge in [-0.05, 0) is 31.8 Å². The molecule has 3 N–H and O–H groups in total. The van der Waals surface area contributed by atoms with Crippen LogP contribution in [0.25, 0.3) is 0 Å². The normalized spacial score (nSPS) is 10.8. The molecule has 84 valence electrons. The molecule has 0 atom stereocenters. The lowest BCUT2D eigenvalue weighted by molar-refractivity contribution is -0.118. The molecule has 0 aliphatic carbocycles. The fourth-order valence-corrected chi connectivity index (χ4v) is 1.43. The first kappa shape index (κ1) is 13.4. The van der Waals surface area contributed by atoms with Gasteiger partial charge in [0.1, 0.15) is 0 Å². The molecule has 0 radical (unpaired) electrons. The largest absolute Gasteiger partial charge is 0.370 e. The van der Waals surface area contributed by atoms with E-state index in [-0.39, 0.29) is 5.91 Å². The topological polar surface area (TPSA) is 55.1 Å². The van der Waals surface area contributed by atoms with Crippen LogP contribution >= 0.6 is 0 Å². The number of unbranched alkanes of at least 4 members (excludes halogenated alkanes) is 1. The maximum Gasteiger partial charge on any atom is 0.217 e. The number of carbonyl (C=O) groups is 1. The zero-order valence-corrected chi connectivity index (χ0v) is 9.51. The molecule has 0 unspecified atom stereocenters. The van der Waals surface area contributed by atoms with Gasteiger partial charge in [0, 0.05) is 6.42 Å². The predicted octanol–water partition coefficient (Wildman–Crippen LogP) is 1.67. The molecule has 0 rings (SSSR count). The maximum atomic E-state index is 10.4. The lowest BCUT2D eigenvalue weighted by Gasteiger charge is -2.12. The van der Waals surface area contributed by atoms with Crippen molar-refractivity contribution in [3.8, 4) is 0 Å². The highest BCUT2D eigenvalue weighted by Crippen LogP contribution is 2.05. The molecule has 0 aromatic carbocycles. The fraction of sp³-hybridized carbons (Fsp3) is 0.909. The van der Waals surface area contributed by atoms with Gasteiger partial charge in [-0.15, -0.1) is 0 Å². The van der Waals surface area contributed by atoms with E-state index in [1.54, 1.807) is 0 Å². The number of amides is 1. The van der Waals surface area contributed by atoms with E-state index in [9.17, 15) is 4.79 Å². The minimum atomic E-state index is -0.190. The summed E-state index contributed by atoms with van der Waals surface area (Å²) in [5.74, 6) is 0.608. The van der Waals surface area contributed by atoms with Crippen molar-refractivity contribution in [2.45, 2.75) is 46.0 Å². The second-order valence-corrected chi connectivity index (χ2v) is 3.81. The van der Waals surface area contributed by atoms with E-state index < -0.39 is 0 Å². The van der Waals surface area contributed by atoms with Gasteiger partial charge >= 0.3 is 0 Å². The van der Waals surface area contributed by atoms with Crippen molar-refractivity contribution in [2.75, 3.05) is 13.1 Å². The minimum Gasteiger partial charge on any atom is -0.370 e. The van der Waals surface area contributed by atoms with Gasteiger partial charge in [-0.3, -0.25) is 4.79 Å². The Labute approximate surface area is 87.4 Å². The van der Waals surface area contributed by atoms with E-state index in [2.05, 4.69) is 19.2 Å². The Hall–Kier alpha value is -0.570. The van der Waals surface area contributed by atoms with Gasteiger partial charge in [0.15, 0.2) is 0 Å². The summed E-state index contributed by atoms with van der Waals surface area (Å²) in [4.78, 5) is 10.4. The van der Waals surface area contributed by atoms with E-state index >= 15 is 0 Å². The smallest absolute Gasteiger partial charge is 0.217 e. The summed E-state index contributed by atoms with van der Waals surface area (Å²) < 4.78 is 0. The third-order valence-corrected chi connectivity index (χ3v) is 2.61. The van der Waals surface area contributed by atoms with Crippen molar-refractivity contribution in [1.29, 1.82) is 0 Å². The second-order valence-electron chi connectivity index (χ2n) is 3.81. The zero-order chi connectivity index (χ0) is 10.8. The molecule has 0 fully saturated rings. The third-order valence-electron chi connectivity index (χ3n) is 2.61. The van der Waals surface area contributed by atoms with Crippen LogP contribution in [0, 0.1) is 5.92 Å². The molecule has 0 aliphatic rings. The molecule has 1 amide bonds. The second kappa shape index (κ2) is 9.00. The lowest BCUT2D eigenvalue weighted by atomic mass is 10.0. The number of nitrogens with one attached hydrogen (secondary N) is 1. The van der Waals surface area contributed by atoms with Gasteiger partial charge in [-0.25, -0.2) is 0 Å². The number of hydrogen-bond donors (Lipinski definition) is 2. The van der Waals surface area contributed by atoms with Crippen LogP contribution in [0.1, 0.15) is 46.0 Å². The standard InChI is InChI=1S/C11H24N2O/c1-3-10(4-2)9-13-8-6-5-7-11(12)14/h10,13H,3-9H2,1-2H3,(H2,12,14). The van der Waals surface area contributed by atoms with Crippen molar-refractivity contribution in [3.05, 3.63) is 0 Å². The van der Waals surface area contributed by atoms with Gasteiger partial charge < -0.3 is 11.1 Å². The molecule has 0 aromatic rings. The zero-order valence-electron chi connectivity index (χ0n) is 9.51. The van der Waals surface area contributed by atoms with Crippen LogP contribution in [0.4, 0.5) is 0 Å². The van der Waals surface area contributed by atoms with Crippen molar-refractivity contribution in [3.63, 3.8) is 0 Å². The minimum absolute atomic E-state index is 0.190. The van der Waals surface area contributed by atoms with E-state index in [4.69, 9.17) is 5.73 Å². The van der Waals surface area contributed by atoms with E-state index in [1.165, 1.54) is 12.8 Å². The van der Waals surface area contributed by atoms with Crippen LogP contribution in [0.15, 0.2) is 0 Å². The van der Waals surface area contributed by atoms with Gasteiger partial charge in [-0.2, -0.15) is 0 Å². The monoisotopic (exact) mass is 200 g/mol. The van der Waals surface area contributed by atoms with E-state index in [0.29, 0.717) is 6.42 Å². The SMILES string of the molecule is CCC(CC)CNCCCCC(N)=O. The molecule has 0 aromatic heterocycles. The number of rotatable bonds is 9. The number of primary amides is 1. The Morgan fingerprint density at radius 3 is 2.43 bits per heavy atom. The first-order chi connectivity index (χ1) is 6.70. The van der Waals surface area contributed by atoms with Crippen LogP contribution in [0.2, 0.25) is 0 Å². The maximum absolute atomic E-state index is 10.4. The fourth-order valence-electron chi connectivity index (χ4n) is 1.43. The van der Waals surface area contributed by atoms with Crippen LogP contribution in [-0.4, -0.2) is 19.0 Å². The quantitative estimate of drug-likeness (QED) is 0.556. The average molecular weight is 200 g/mol. The third kappa shape index (κ3) is 8.05. The van der Waals surface area contributed by atoms with Crippen molar-refractivity contribution < 1.29 is 4.79 Å². The number of nitrogens with two attached hydrogens (primary N) is 1. The number of hydrogen-bond acceptors (Lipinski definition) is 2. The molecule has 0 saturated heterocycles. The summed E-state index contributed by atoms with van der Waals surface area (Å²) in [5, 5.41) is 3.41. The van der Waals surface area contributed by atoms with Crippen molar-refractivity contribution >= 4 is 5.91 Å². The molecule has 0 heterocycles. The highest BCUT2D eigenvalue weighted by atomic mass is 16.1. The molecule has 14 heavy (non-hydrogen) atoms. The Morgan fingerprint density at radius 1 is 1.29 bits per heavy atom. The average Bonchev–Trinajstić information content (AvgIpc) is 2.16. The molecule has 0 aliphatic heterocycles. The highest BCUT2D eigenvalue weighted by Gasteiger charge is 2.01. The van der Waals surface area contributed by atoms with Gasteiger partial charge in [0.05, 0.1) is 0 Å². The summed E-state index contributed by atoms with van der Waals surface area (Å²) >= 11 is 0. The summed E-state index contributed by atoms with van der Waals surface area (Å²) in [6.45, 7) is 6.55. The Kier molecular flexibility index (Phi) is 8.64. The van der Waals surface area contributed by atoms with Crippen LogP contribution in [0.3, 0.4) is 0 Å². The van der Waals surface area contributed by atoms with Crippen LogP contribution in [0.5, 0.6) is 0 Å². The molecule has 3 nitrogen and oxygen atoms in total. The summed E-state index contributed by atoms with van der Waals surface area (Å²) in [7, 11) is 0. The van der Waals surface area contributed by atoms with Crippen LogP contribution < -0.4 is 11.1 Å². The predicted molar refractivity (Wildman–Crippen MR) is 60.0 cm³/mol. The molecule has 0 bridgehead atoms. The van der Waals surface area contributed by atoms with Gasteiger partial charge in [0.2, 0.25) is 5.91 Å². The van der Waals surface area contributed by atoms with E-state index in [1.807, 2.05) is 0 Å². The molecule has 3 heteroatoms. The first-order valence-electron chi connectivity index (χ1n) is 5.69. The Balaban J connectivity index is 3.16. The highest BCUT2D eigenvalue weighted by molar-refractivity contribution is 5.73. The van der Waals surface area contributed by atoms with Gasteiger partial charge in [-0.1, -0.05) is 26.7 Å². The summed E-state index contributed by atoms with van der Waals surface area (Å²) in [6.07, 6.45) is 4.95. The molecule has 0 spiro atoms.